The molecule has 0 saturated carbocycles. The molecule has 21 nitrogen and oxygen atoms in total. The average Bonchev–Trinajstić information content (AvgIpc) is 3.03. The van der Waals surface area contributed by atoms with E-state index in [1.54, 1.807) is 0 Å². The highest BCUT2D eigenvalue weighted by molar-refractivity contribution is 5.53. The van der Waals surface area contributed by atoms with Gasteiger partial charge in [0.05, 0.1) is 35.7 Å². The van der Waals surface area contributed by atoms with Crippen molar-refractivity contribution in [1.82, 2.24) is 0 Å². The summed E-state index contributed by atoms with van der Waals surface area (Å²) in [5.41, 5.74) is -1.60. The van der Waals surface area contributed by atoms with E-state index in [2.05, 4.69) is 0 Å². The molecule has 22 heteroatoms. The number of hydrogen-bond donors (Lipinski definition) is 9. The Hall–Kier alpha value is -2.81. The van der Waals surface area contributed by atoms with Gasteiger partial charge in [0, 0.05) is 6.07 Å². The predicted octanol–water partition coefficient (Wildman–Crippen LogP) is -4.69. The minimum atomic E-state index is -2.55. The normalized spacial score (nSPS) is 41.6. The molecule has 46 heavy (non-hydrogen) atoms. The molecule has 9 N–H and O–H groups in total. The summed E-state index contributed by atoms with van der Waals surface area (Å²) < 4.78 is 47.4. The number of benzene rings is 1. The molecule has 0 spiro atoms. The number of nitro benzene ring substituents is 2. The Labute approximate surface area is 256 Å². The zero-order valence-corrected chi connectivity index (χ0v) is 23.4. The molecule has 0 bridgehead atoms. The molecule has 0 aromatic heterocycles. The van der Waals surface area contributed by atoms with Crippen molar-refractivity contribution >= 4 is 11.4 Å². The lowest BCUT2D eigenvalue weighted by Crippen LogP contribution is -2.66. The Bertz CT molecular complexity index is 1210. The van der Waals surface area contributed by atoms with Gasteiger partial charge >= 0.3 is 5.69 Å². The number of nitrogens with zero attached hydrogens (tertiary/aromatic N) is 2. The van der Waals surface area contributed by atoms with Crippen LogP contribution in [0.5, 0.6) is 5.75 Å². The Morgan fingerprint density at radius 1 is 0.674 bits per heavy atom. The van der Waals surface area contributed by atoms with Crippen molar-refractivity contribution in [3.8, 4) is 5.75 Å². The third-order valence-electron chi connectivity index (χ3n) is 7.62. The molecule has 1 aromatic carbocycles. The zero-order chi connectivity index (χ0) is 34.0. The van der Waals surface area contributed by atoms with Crippen LogP contribution in [0.25, 0.3) is 0 Å². The largest absolute Gasteiger partial charge is 0.454 e. The molecule has 4 rings (SSSR count). The second-order valence-corrected chi connectivity index (χ2v) is 10.5. The first kappa shape index (κ1) is 36.0. The number of non-ortho nitro benzene ring substituents is 1. The van der Waals surface area contributed by atoms with Crippen LogP contribution in [0, 0.1) is 20.2 Å². The lowest BCUT2D eigenvalue weighted by molar-refractivity contribution is -0.395. The van der Waals surface area contributed by atoms with Crippen molar-refractivity contribution in [2.24, 2.45) is 0 Å². The molecule has 1 aromatic rings. The minimum Gasteiger partial charge on any atom is -0.454 e. The van der Waals surface area contributed by atoms with Crippen molar-refractivity contribution in [2.45, 2.75) is 92.2 Å². The van der Waals surface area contributed by atoms with Gasteiger partial charge in [-0.05, 0) is 6.07 Å². The maximum atomic E-state index is 15.3. The predicted molar refractivity (Wildman–Crippen MR) is 138 cm³/mol. The Morgan fingerprint density at radius 3 is 1.70 bits per heavy atom. The summed E-state index contributed by atoms with van der Waals surface area (Å²) in [6, 6.07) is 2.19. The average molecular weight is 673 g/mol. The Balaban J connectivity index is 1.46. The number of alkyl halides is 1. The summed E-state index contributed by atoms with van der Waals surface area (Å²) in [5, 5.41) is 114. The van der Waals surface area contributed by atoms with Crippen LogP contribution in [0.4, 0.5) is 15.8 Å². The number of halogens is 1. The molecule has 0 aliphatic carbocycles. The van der Waals surface area contributed by atoms with E-state index in [0.29, 0.717) is 6.07 Å². The number of rotatable bonds is 11. The van der Waals surface area contributed by atoms with Gasteiger partial charge in [-0.3, -0.25) is 20.2 Å². The van der Waals surface area contributed by atoms with E-state index in [1.165, 1.54) is 0 Å². The van der Waals surface area contributed by atoms with E-state index < -0.39 is 139 Å². The van der Waals surface area contributed by atoms with Crippen LogP contribution in [-0.2, 0) is 23.7 Å². The van der Waals surface area contributed by atoms with E-state index in [9.17, 15) is 66.2 Å². The van der Waals surface area contributed by atoms with Crippen LogP contribution in [-0.4, -0.2) is 168 Å². The molecule has 14 unspecified atom stereocenters. The van der Waals surface area contributed by atoms with E-state index in [1.807, 2.05) is 0 Å². The quantitative estimate of drug-likeness (QED) is 0.0787. The SMILES string of the molecule is O=[N+]([O-])c1ccc(O[C@@H]2OC(CO)C(OC3OC(CO)C(OC4OC(CO)C(O)C(O)C4O)C(O)C3O)C(O)C2F)c([N+](=O)[O-])c1. The van der Waals surface area contributed by atoms with Gasteiger partial charge in [0.2, 0.25) is 12.0 Å². The van der Waals surface area contributed by atoms with Crippen molar-refractivity contribution in [2.75, 3.05) is 19.8 Å². The van der Waals surface area contributed by atoms with Crippen molar-refractivity contribution in [3.05, 3.63) is 38.4 Å². The lowest BCUT2D eigenvalue weighted by atomic mass is 9.96. The summed E-state index contributed by atoms with van der Waals surface area (Å²) in [6.45, 7) is -2.73. The fraction of sp³-hybridized carbons (Fsp3) is 0.750. The summed E-state index contributed by atoms with van der Waals surface area (Å²) in [7, 11) is 0. The van der Waals surface area contributed by atoms with Gasteiger partial charge in [-0.15, -0.1) is 0 Å². The number of nitro groups is 2. The molecule has 0 amide bonds. The van der Waals surface area contributed by atoms with Gasteiger partial charge in [0.1, 0.15) is 67.1 Å². The summed E-state index contributed by atoms with van der Waals surface area (Å²) in [4.78, 5) is 20.4. The highest BCUT2D eigenvalue weighted by atomic mass is 19.1. The molecule has 3 fully saturated rings. The van der Waals surface area contributed by atoms with Gasteiger partial charge in [0.15, 0.2) is 18.8 Å². The highest BCUT2D eigenvalue weighted by Gasteiger charge is 2.54. The lowest BCUT2D eigenvalue weighted by Gasteiger charge is -2.47. The van der Waals surface area contributed by atoms with Crippen LogP contribution in [0.1, 0.15) is 0 Å². The molecule has 3 heterocycles. The van der Waals surface area contributed by atoms with Crippen LogP contribution < -0.4 is 4.74 Å². The minimum absolute atomic E-state index is 0.552. The van der Waals surface area contributed by atoms with E-state index in [-0.39, 0.29) is 0 Å². The smallest absolute Gasteiger partial charge is 0.317 e. The maximum absolute atomic E-state index is 15.3. The summed E-state index contributed by atoms with van der Waals surface area (Å²) >= 11 is 0. The third-order valence-corrected chi connectivity index (χ3v) is 7.62. The van der Waals surface area contributed by atoms with Crippen LogP contribution in [0.2, 0.25) is 0 Å². The first-order chi connectivity index (χ1) is 21.7. The number of ether oxygens (including phenoxy) is 6. The Morgan fingerprint density at radius 2 is 1.17 bits per heavy atom. The van der Waals surface area contributed by atoms with Crippen LogP contribution in [0.15, 0.2) is 18.2 Å². The zero-order valence-electron chi connectivity index (χ0n) is 23.4. The maximum Gasteiger partial charge on any atom is 0.317 e. The summed E-state index contributed by atoms with van der Waals surface area (Å²) in [5.74, 6) is -0.670. The van der Waals surface area contributed by atoms with Crippen molar-refractivity contribution in [3.63, 3.8) is 0 Å². The fourth-order valence-electron chi connectivity index (χ4n) is 5.10. The van der Waals surface area contributed by atoms with Crippen LogP contribution in [0.3, 0.4) is 0 Å². The molecule has 3 saturated heterocycles. The first-order valence-electron chi connectivity index (χ1n) is 13.7. The van der Waals surface area contributed by atoms with Gasteiger partial charge in [-0.1, -0.05) is 0 Å². The standard InChI is InChI=1S/C24H33FN2O19/c25-13-15(32)20(11(5-29)43-22(13)41-9-2-1-7(26(37)38)3-8(9)27(39)40)45-24-19(36)17(34)21(12(6-30)44-24)46-23-18(35)16(33)14(31)10(4-28)42-23/h1-3,10-24,28-36H,4-6H2/t10?,11?,12?,13?,14?,15?,16?,17?,18?,19?,20?,21?,22-,23?,24?/m1/s1. The molecular weight excluding hydrogens is 639 g/mol. The third kappa shape index (κ3) is 7.19. The molecular formula is C24H33FN2O19. The number of aliphatic hydroxyl groups excluding tert-OH is 9. The van der Waals surface area contributed by atoms with Gasteiger partial charge in [-0.2, -0.15) is 0 Å². The molecule has 3 aliphatic heterocycles. The number of hydrogen-bond acceptors (Lipinski definition) is 19. The van der Waals surface area contributed by atoms with Gasteiger partial charge in [-0.25, -0.2) is 4.39 Å². The van der Waals surface area contributed by atoms with E-state index in [0.717, 1.165) is 12.1 Å². The number of aliphatic hydroxyl groups is 9. The molecule has 15 atom stereocenters. The van der Waals surface area contributed by atoms with Crippen molar-refractivity contribution < 1.29 is 88.6 Å². The van der Waals surface area contributed by atoms with Crippen LogP contribution >= 0.6 is 0 Å². The molecule has 0 radical (unpaired) electrons. The Kier molecular flexibility index (Phi) is 11.7. The topological polar surface area (TPSA) is 324 Å². The second kappa shape index (κ2) is 15.0. The van der Waals surface area contributed by atoms with Gasteiger partial charge in [0.25, 0.3) is 5.69 Å². The highest BCUT2D eigenvalue weighted by Crippen LogP contribution is 2.36. The molecule has 260 valence electrons. The molecule has 3 aliphatic rings. The fourth-order valence-corrected chi connectivity index (χ4v) is 5.10. The van der Waals surface area contributed by atoms with E-state index in [4.69, 9.17) is 28.4 Å². The second-order valence-electron chi connectivity index (χ2n) is 10.5. The summed E-state index contributed by atoms with van der Waals surface area (Å²) in [6.07, 6.45) is -28.5. The van der Waals surface area contributed by atoms with Crippen molar-refractivity contribution in [1.29, 1.82) is 0 Å². The van der Waals surface area contributed by atoms with E-state index >= 15 is 4.39 Å². The monoisotopic (exact) mass is 672 g/mol. The first-order valence-corrected chi connectivity index (χ1v) is 13.7. The van der Waals surface area contributed by atoms with Gasteiger partial charge < -0.3 is 74.4 Å².